The maximum atomic E-state index is 5.81. The summed E-state index contributed by atoms with van der Waals surface area (Å²) >= 11 is 1.43. The zero-order valence-corrected chi connectivity index (χ0v) is 16.4. The molecule has 2 aromatic carbocycles. The predicted molar refractivity (Wildman–Crippen MR) is 107 cm³/mol. The van der Waals surface area contributed by atoms with E-state index >= 15 is 0 Å². The van der Waals surface area contributed by atoms with Crippen LogP contribution in [0.2, 0.25) is 0 Å². The Morgan fingerprint density at radius 3 is 2.54 bits per heavy atom. The molecular weight excluding hydrogens is 374 g/mol. The maximum Gasteiger partial charge on any atom is 0.277 e. The van der Waals surface area contributed by atoms with Crippen molar-refractivity contribution in [3.8, 4) is 28.7 Å². The van der Waals surface area contributed by atoms with E-state index in [0.29, 0.717) is 29.4 Å². The van der Waals surface area contributed by atoms with Crippen LogP contribution in [0.1, 0.15) is 18.4 Å². The molecular formula is C21H19N3O3S. The highest BCUT2D eigenvalue weighted by molar-refractivity contribution is 7.98. The van der Waals surface area contributed by atoms with Gasteiger partial charge in [-0.05, 0) is 38.1 Å². The van der Waals surface area contributed by atoms with Crippen molar-refractivity contribution in [2.75, 3.05) is 6.61 Å². The summed E-state index contributed by atoms with van der Waals surface area (Å²) in [6.45, 7) is 4.42. The Kier molecular flexibility index (Phi) is 5.43. The fourth-order valence-electron chi connectivity index (χ4n) is 2.70. The average molecular weight is 393 g/mol. The lowest BCUT2D eigenvalue weighted by Crippen LogP contribution is -1.93. The number of thioether (sulfide) groups is 1. The van der Waals surface area contributed by atoms with Crippen LogP contribution < -0.4 is 4.74 Å². The quantitative estimate of drug-likeness (QED) is 0.390. The molecule has 0 aliphatic rings. The molecule has 0 fully saturated rings. The molecule has 0 aliphatic carbocycles. The number of nitrogens with zero attached hydrogens (tertiary/aromatic N) is 3. The first-order chi connectivity index (χ1) is 13.7. The van der Waals surface area contributed by atoms with E-state index in [0.717, 1.165) is 28.3 Å². The molecule has 0 radical (unpaired) electrons. The fourth-order valence-corrected chi connectivity index (χ4v) is 3.46. The number of hydrogen-bond acceptors (Lipinski definition) is 7. The van der Waals surface area contributed by atoms with Gasteiger partial charge in [-0.15, -0.1) is 10.2 Å². The molecule has 0 bridgehead atoms. The summed E-state index contributed by atoms with van der Waals surface area (Å²) in [5.74, 6) is 3.15. The summed E-state index contributed by atoms with van der Waals surface area (Å²) in [4.78, 5) is 4.60. The van der Waals surface area contributed by atoms with Gasteiger partial charge in [-0.1, -0.05) is 42.1 Å². The second kappa shape index (κ2) is 8.31. The standard InChI is InChI=1S/C21H19N3O3S/c1-3-25-18-12-8-7-11-16(18)20-23-24-21(27-20)28-13-17-14(2)26-19(22-17)15-9-5-4-6-10-15/h4-12H,3,13H2,1-2H3. The molecule has 2 heterocycles. The molecule has 0 unspecified atom stereocenters. The van der Waals surface area contributed by atoms with E-state index in [-0.39, 0.29) is 0 Å². The highest BCUT2D eigenvalue weighted by atomic mass is 32.2. The Bertz CT molecular complexity index is 1060. The van der Waals surface area contributed by atoms with Crippen molar-refractivity contribution in [3.63, 3.8) is 0 Å². The molecule has 4 rings (SSSR count). The Labute approximate surface area is 167 Å². The smallest absolute Gasteiger partial charge is 0.277 e. The first kappa shape index (κ1) is 18.3. The third kappa shape index (κ3) is 3.94. The van der Waals surface area contributed by atoms with Crippen LogP contribution >= 0.6 is 11.8 Å². The lowest BCUT2D eigenvalue weighted by molar-refractivity contribution is 0.340. The fraction of sp³-hybridized carbons (Fsp3) is 0.190. The van der Waals surface area contributed by atoms with E-state index in [1.807, 2.05) is 68.4 Å². The van der Waals surface area contributed by atoms with Gasteiger partial charge >= 0.3 is 0 Å². The molecule has 0 saturated carbocycles. The number of hydrogen-bond donors (Lipinski definition) is 0. The second-order valence-corrected chi connectivity index (χ2v) is 6.91. The molecule has 0 amide bonds. The van der Waals surface area contributed by atoms with Gasteiger partial charge < -0.3 is 13.6 Å². The minimum atomic E-state index is 0.438. The van der Waals surface area contributed by atoms with Gasteiger partial charge in [0.15, 0.2) is 0 Å². The van der Waals surface area contributed by atoms with Gasteiger partial charge in [0.2, 0.25) is 5.89 Å². The van der Waals surface area contributed by atoms with Crippen molar-refractivity contribution in [1.82, 2.24) is 15.2 Å². The number of aryl methyl sites for hydroxylation is 1. The molecule has 142 valence electrons. The minimum absolute atomic E-state index is 0.438. The van der Waals surface area contributed by atoms with Gasteiger partial charge in [-0.3, -0.25) is 0 Å². The van der Waals surface area contributed by atoms with Crippen LogP contribution in [0.15, 0.2) is 68.7 Å². The van der Waals surface area contributed by atoms with Crippen LogP contribution in [0.4, 0.5) is 0 Å². The molecule has 2 aromatic heterocycles. The molecule has 6 nitrogen and oxygen atoms in total. The van der Waals surface area contributed by atoms with E-state index in [1.165, 1.54) is 11.8 Å². The van der Waals surface area contributed by atoms with Crippen molar-refractivity contribution in [2.45, 2.75) is 24.8 Å². The number of aromatic nitrogens is 3. The summed E-state index contributed by atoms with van der Waals surface area (Å²) in [7, 11) is 0. The van der Waals surface area contributed by atoms with Gasteiger partial charge in [-0.2, -0.15) is 0 Å². The minimum Gasteiger partial charge on any atom is -0.493 e. The molecule has 28 heavy (non-hydrogen) atoms. The Balaban J connectivity index is 1.48. The zero-order valence-electron chi connectivity index (χ0n) is 15.6. The molecule has 0 spiro atoms. The monoisotopic (exact) mass is 393 g/mol. The topological polar surface area (TPSA) is 74.2 Å². The SMILES string of the molecule is CCOc1ccccc1-c1nnc(SCc2nc(-c3ccccc3)oc2C)o1. The summed E-state index contributed by atoms with van der Waals surface area (Å²) in [6, 6.07) is 17.5. The highest BCUT2D eigenvalue weighted by Crippen LogP contribution is 2.32. The Morgan fingerprint density at radius 2 is 1.71 bits per heavy atom. The third-order valence-electron chi connectivity index (χ3n) is 4.07. The lowest BCUT2D eigenvalue weighted by Gasteiger charge is -2.05. The first-order valence-corrected chi connectivity index (χ1v) is 9.93. The molecule has 0 N–H and O–H groups in total. The second-order valence-electron chi connectivity index (χ2n) is 5.98. The van der Waals surface area contributed by atoms with E-state index in [4.69, 9.17) is 13.6 Å². The van der Waals surface area contributed by atoms with E-state index < -0.39 is 0 Å². The Hall–Kier alpha value is -3.06. The number of oxazole rings is 1. The summed E-state index contributed by atoms with van der Waals surface area (Å²) in [5.41, 5.74) is 2.60. The van der Waals surface area contributed by atoms with Gasteiger partial charge in [0.1, 0.15) is 11.5 Å². The molecule has 4 aromatic rings. The summed E-state index contributed by atoms with van der Waals surface area (Å²) in [6.07, 6.45) is 0. The van der Waals surface area contributed by atoms with E-state index in [9.17, 15) is 0 Å². The molecule has 0 saturated heterocycles. The van der Waals surface area contributed by atoms with Gasteiger partial charge in [0, 0.05) is 11.3 Å². The highest BCUT2D eigenvalue weighted by Gasteiger charge is 2.16. The van der Waals surface area contributed by atoms with Crippen molar-refractivity contribution in [2.24, 2.45) is 0 Å². The van der Waals surface area contributed by atoms with Crippen molar-refractivity contribution >= 4 is 11.8 Å². The van der Waals surface area contributed by atoms with Crippen LogP contribution in [0.5, 0.6) is 5.75 Å². The largest absolute Gasteiger partial charge is 0.493 e. The predicted octanol–water partition coefficient (Wildman–Crippen LogP) is 5.39. The third-order valence-corrected chi connectivity index (χ3v) is 4.90. The number of rotatable bonds is 7. The maximum absolute atomic E-state index is 5.81. The average Bonchev–Trinajstić information content (AvgIpc) is 3.34. The van der Waals surface area contributed by atoms with Gasteiger partial charge in [-0.25, -0.2) is 4.98 Å². The normalized spacial score (nSPS) is 10.9. The zero-order chi connectivity index (χ0) is 19.3. The van der Waals surface area contributed by atoms with Crippen LogP contribution in [0.25, 0.3) is 22.9 Å². The van der Waals surface area contributed by atoms with Crippen molar-refractivity contribution in [1.29, 1.82) is 0 Å². The first-order valence-electron chi connectivity index (χ1n) is 8.95. The van der Waals surface area contributed by atoms with Crippen LogP contribution in [-0.4, -0.2) is 21.8 Å². The molecule has 0 atom stereocenters. The van der Waals surface area contributed by atoms with Crippen LogP contribution in [0, 0.1) is 6.92 Å². The van der Waals surface area contributed by atoms with Crippen molar-refractivity contribution < 1.29 is 13.6 Å². The van der Waals surface area contributed by atoms with Gasteiger partial charge in [0.05, 0.1) is 17.9 Å². The number of benzene rings is 2. The molecule has 7 heteroatoms. The number of ether oxygens (including phenoxy) is 1. The van der Waals surface area contributed by atoms with Gasteiger partial charge in [0.25, 0.3) is 11.1 Å². The lowest BCUT2D eigenvalue weighted by atomic mass is 10.2. The van der Waals surface area contributed by atoms with E-state index in [1.54, 1.807) is 0 Å². The summed E-state index contributed by atoms with van der Waals surface area (Å²) in [5, 5.41) is 8.77. The number of para-hydroxylation sites is 1. The van der Waals surface area contributed by atoms with Crippen LogP contribution in [-0.2, 0) is 5.75 Å². The van der Waals surface area contributed by atoms with Crippen LogP contribution in [0.3, 0.4) is 0 Å². The molecule has 0 aliphatic heterocycles. The van der Waals surface area contributed by atoms with E-state index in [2.05, 4.69) is 15.2 Å². The van der Waals surface area contributed by atoms with Crippen molar-refractivity contribution in [3.05, 3.63) is 66.1 Å². The summed E-state index contributed by atoms with van der Waals surface area (Å²) < 4.78 is 17.2. The Morgan fingerprint density at radius 1 is 0.929 bits per heavy atom.